The fourth-order valence-corrected chi connectivity index (χ4v) is 4.04. The lowest BCUT2D eigenvalue weighted by atomic mass is 10.1. The van der Waals surface area contributed by atoms with Crippen LogP contribution in [0.3, 0.4) is 0 Å². The Labute approximate surface area is 192 Å². The van der Waals surface area contributed by atoms with Crippen LogP contribution in [0.2, 0.25) is 0 Å². The van der Waals surface area contributed by atoms with Crippen LogP contribution in [0.5, 0.6) is 0 Å². The highest BCUT2D eigenvalue weighted by molar-refractivity contribution is 5.97. The molecule has 0 atom stereocenters. The Hall–Kier alpha value is -4.32. The quantitative estimate of drug-likeness (QED) is 0.379. The number of rotatable bonds is 6. The molecule has 0 aliphatic carbocycles. The number of pyridine rings is 2. The van der Waals surface area contributed by atoms with Gasteiger partial charge in [-0.15, -0.1) is 0 Å². The van der Waals surface area contributed by atoms with Crippen molar-refractivity contribution in [1.82, 2.24) is 24.4 Å². The molecule has 0 saturated heterocycles. The van der Waals surface area contributed by atoms with E-state index in [1.54, 1.807) is 24.8 Å². The maximum atomic E-state index is 13.6. The van der Waals surface area contributed by atoms with Gasteiger partial charge < -0.3 is 4.90 Å². The van der Waals surface area contributed by atoms with Crippen molar-refractivity contribution in [2.75, 3.05) is 0 Å². The molecule has 6 heteroatoms. The first kappa shape index (κ1) is 20.6. The molecular weight excluding hydrogens is 410 g/mol. The monoisotopic (exact) mass is 433 g/mol. The molecule has 33 heavy (non-hydrogen) atoms. The zero-order valence-corrected chi connectivity index (χ0v) is 18.3. The van der Waals surface area contributed by atoms with Crippen LogP contribution in [0.15, 0.2) is 97.6 Å². The van der Waals surface area contributed by atoms with Gasteiger partial charge in [0.1, 0.15) is 5.82 Å². The summed E-state index contributed by atoms with van der Waals surface area (Å²) in [4.78, 5) is 28.5. The van der Waals surface area contributed by atoms with Crippen LogP contribution in [-0.4, -0.2) is 30.3 Å². The zero-order chi connectivity index (χ0) is 22.6. The van der Waals surface area contributed by atoms with Gasteiger partial charge in [0.15, 0.2) is 0 Å². The third-order valence-electron chi connectivity index (χ3n) is 5.59. The van der Waals surface area contributed by atoms with Gasteiger partial charge in [0.2, 0.25) is 0 Å². The van der Waals surface area contributed by atoms with E-state index in [9.17, 15) is 4.79 Å². The van der Waals surface area contributed by atoms with E-state index in [0.29, 0.717) is 18.7 Å². The summed E-state index contributed by atoms with van der Waals surface area (Å²) in [5.41, 5.74) is 5.43. The first-order chi connectivity index (χ1) is 16.2. The Bertz CT molecular complexity index is 1340. The van der Waals surface area contributed by atoms with E-state index in [-0.39, 0.29) is 5.91 Å². The van der Waals surface area contributed by atoms with Gasteiger partial charge >= 0.3 is 0 Å². The van der Waals surface area contributed by atoms with E-state index >= 15 is 0 Å². The van der Waals surface area contributed by atoms with Crippen molar-refractivity contribution in [2.24, 2.45) is 0 Å². The summed E-state index contributed by atoms with van der Waals surface area (Å²) in [7, 11) is 0. The van der Waals surface area contributed by atoms with Crippen LogP contribution in [0.4, 0.5) is 0 Å². The van der Waals surface area contributed by atoms with E-state index in [1.165, 1.54) is 0 Å². The molecule has 1 amide bonds. The average molecular weight is 434 g/mol. The van der Waals surface area contributed by atoms with Crippen LogP contribution < -0.4 is 0 Å². The lowest BCUT2D eigenvalue weighted by Gasteiger charge is -2.23. The molecule has 3 aromatic heterocycles. The molecule has 0 fully saturated rings. The number of nitrogens with zero attached hydrogens (tertiary/aromatic N) is 5. The maximum Gasteiger partial charge on any atom is 0.254 e. The lowest BCUT2D eigenvalue weighted by molar-refractivity contribution is 0.0730. The van der Waals surface area contributed by atoms with E-state index in [4.69, 9.17) is 4.98 Å². The molecule has 0 radical (unpaired) electrons. The van der Waals surface area contributed by atoms with Crippen molar-refractivity contribution < 1.29 is 4.79 Å². The number of benzene rings is 2. The summed E-state index contributed by atoms with van der Waals surface area (Å²) >= 11 is 0. The summed E-state index contributed by atoms with van der Waals surface area (Å²) in [5.74, 6) is 0.828. The molecule has 5 rings (SSSR count). The van der Waals surface area contributed by atoms with Gasteiger partial charge in [0, 0.05) is 49.1 Å². The van der Waals surface area contributed by atoms with E-state index in [2.05, 4.69) is 26.7 Å². The molecule has 0 saturated carbocycles. The van der Waals surface area contributed by atoms with Crippen molar-refractivity contribution in [3.8, 4) is 5.69 Å². The van der Waals surface area contributed by atoms with Crippen molar-refractivity contribution >= 4 is 16.9 Å². The maximum absolute atomic E-state index is 13.6. The highest BCUT2D eigenvalue weighted by Crippen LogP contribution is 2.23. The molecule has 0 bridgehead atoms. The van der Waals surface area contributed by atoms with Gasteiger partial charge in [-0.2, -0.15) is 0 Å². The molecule has 0 N–H and O–H groups in total. The van der Waals surface area contributed by atoms with Crippen LogP contribution >= 0.6 is 0 Å². The summed E-state index contributed by atoms with van der Waals surface area (Å²) < 4.78 is 2.11. The SMILES string of the molecule is Cc1nc2cc(C(=O)N(Cc3ccncc3)Cc3cccnc3)ccc2n1-c1ccccc1. The fraction of sp³-hybridized carbons (Fsp3) is 0.111. The first-order valence-electron chi connectivity index (χ1n) is 10.8. The van der Waals surface area contributed by atoms with Crippen LogP contribution in [0.25, 0.3) is 16.7 Å². The topological polar surface area (TPSA) is 63.9 Å². The molecule has 0 aliphatic rings. The summed E-state index contributed by atoms with van der Waals surface area (Å²) in [5, 5.41) is 0. The van der Waals surface area contributed by atoms with Crippen molar-refractivity contribution in [2.45, 2.75) is 20.0 Å². The second-order valence-corrected chi connectivity index (χ2v) is 7.91. The Morgan fingerprint density at radius 1 is 0.848 bits per heavy atom. The van der Waals surface area contributed by atoms with Crippen molar-refractivity contribution in [3.05, 3.63) is 120 Å². The predicted octanol–water partition coefficient (Wildman–Crippen LogP) is 4.97. The molecule has 162 valence electrons. The predicted molar refractivity (Wildman–Crippen MR) is 128 cm³/mol. The number of carbonyl (C=O) groups is 1. The highest BCUT2D eigenvalue weighted by atomic mass is 16.2. The Morgan fingerprint density at radius 3 is 2.39 bits per heavy atom. The second-order valence-electron chi connectivity index (χ2n) is 7.91. The van der Waals surface area contributed by atoms with Crippen LogP contribution in [0.1, 0.15) is 27.3 Å². The average Bonchev–Trinajstić information content (AvgIpc) is 3.20. The van der Waals surface area contributed by atoms with Gasteiger partial charge in [-0.1, -0.05) is 24.3 Å². The molecule has 0 aliphatic heterocycles. The van der Waals surface area contributed by atoms with E-state index < -0.39 is 0 Å². The molecule has 6 nitrogen and oxygen atoms in total. The third kappa shape index (κ3) is 4.36. The largest absolute Gasteiger partial charge is 0.330 e. The summed E-state index contributed by atoms with van der Waals surface area (Å²) in [6.45, 7) is 2.92. The number of aryl methyl sites for hydroxylation is 1. The fourth-order valence-electron chi connectivity index (χ4n) is 4.04. The molecule has 0 spiro atoms. The number of fused-ring (bicyclic) bond motifs is 1. The number of aromatic nitrogens is 4. The van der Waals surface area contributed by atoms with Crippen molar-refractivity contribution in [3.63, 3.8) is 0 Å². The number of imidazole rings is 1. The summed E-state index contributed by atoms with van der Waals surface area (Å²) in [6, 6.07) is 23.6. The Balaban J connectivity index is 1.50. The number of para-hydroxylation sites is 1. The molecule has 3 heterocycles. The normalized spacial score (nSPS) is 10.9. The van der Waals surface area contributed by atoms with Crippen molar-refractivity contribution in [1.29, 1.82) is 0 Å². The van der Waals surface area contributed by atoms with Gasteiger partial charge in [-0.05, 0) is 66.6 Å². The van der Waals surface area contributed by atoms with Crippen LogP contribution in [0, 0.1) is 6.92 Å². The van der Waals surface area contributed by atoms with Gasteiger partial charge in [0.05, 0.1) is 11.0 Å². The third-order valence-corrected chi connectivity index (χ3v) is 5.59. The Morgan fingerprint density at radius 2 is 1.64 bits per heavy atom. The minimum atomic E-state index is -0.0514. The van der Waals surface area contributed by atoms with Crippen LogP contribution in [-0.2, 0) is 13.1 Å². The molecule has 5 aromatic rings. The number of amides is 1. The molecule has 0 unspecified atom stereocenters. The van der Waals surface area contributed by atoms with Gasteiger partial charge in [-0.3, -0.25) is 19.3 Å². The second kappa shape index (κ2) is 9.04. The minimum Gasteiger partial charge on any atom is -0.330 e. The zero-order valence-electron chi connectivity index (χ0n) is 18.3. The highest BCUT2D eigenvalue weighted by Gasteiger charge is 2.19. The van der Waals surface area contributed by atoms with Gasteiger partial charge in [0.25, 0.3) is 5.91 Å². The molecule has 2 aromatic carbocycles. The Kier molecular flexibility index (Phi) is 5.64. The first-order valence-corrected chi connectivity index (χ1v) is 10.8. The smallest absolute Gasteiger partial charge is 0.254 e. The van der Waals surface area contributed by atoms with Gasteiger partial charge in [-0.25, -0.2) is 4.98 Å². The lowest BCUT2D eigenvalue weighted by Crippen LogP contribution is -2.30. The summed E-state index contributed by atoms with van der Waals surface area (Å²) in [6.07, 6.45) is 7.01. The number of carbonyl (C=O) groups excluding carboxylic acids is 1. The van der Waals surface area contributed by atoms with E-state index in [1.807, 2.05) is 72.5 Å². The number of hydrogen-bond donors (Lipinski definition) is 0. The standard InChI is InChI=1S/C27H23N5O/c1-20-30-25-16-23(9-10-26(25)32(20)24-7-3-2-4-8-24)27(33)31(18-21-11-14-28-15-12-21)19-22-6-5-13-29-17-22/h2-17H,18-19H2,1H3. The number of hydrogen-bond acceptors (Lipinski definition) is 4. The molecular formula is C27H23N5O. The minimum absolute atomic E-state index is 0.0514. The van der Waals surface area contributed by atoms with E-state index in [0.717, 1.165) is 33.7 Å².